The van der Waals surface area contributed by atoms with Crippen molar-refractivity contribution in [2.75, 3.05) is 6.54 Å². The molecule has 0 aliphatic carbocycles. The van der Waals surface area contributed by atoms with Crippen LogP contribution in [-0.4, -0.2) is 34.3 Å². The highest BCUT2D eigenvalue weighted by atomic mass is 32.1. The Morgan fingerprint density at radius 2 is 2.12 bits per heavy atom. The topological polar surface area (TPSA) is 73.2 Å². The van der Waals surface area contributed by atoms with Gasteiger partial charge in [0, 0.05) is 19.2 Å². The zero-order valence-electron chi connectivity index (χ0n) is 13.9. The van der Waals surface area contributed by atoms with Gasteiger partial charge in [-0.25, -0.2) is 4.79 Å². The van der Waals surface area contributed by atoms with E-state index in [4.69, 9.17) is 4.74 Å². The molecule has 1 N–H and O–H groups in total. The number of nitrogens with one attached hydrogen (secondary N) is 1. The molecule has 1 fully saturated rings. The lowest BCUT2D eigenvalue weighted by Gasteiger charge is -2.08. The molecule has 0 radical (unpaired) electrons. The molecule has 3 aromatic rings. The molecule has 1 aliphatic heterocycles. The average molecular weight is 367 g/mol. The molecule has 0 spiro atoms. The van der Waals surface area contributed by atoms with Gasteiger partial charge in [0.15, 0.2) is 6.10 Å². The maximum atomic E-state index is 12.7. The van der Waals surface area contributed by atoms with Crippen LogP contribution in [0.5, 0.6) is 0 Å². The number of benzene rings is 1. The number of amides is 1. The Balaban J connectivity index is 1.63. The van der Waals surface area contributed by atoms with Crippen LogP contribution in [-0.2, 0) is 16.1 Å². The molecule has 0 unspecified atom stereocenters. The van der Waals surface area contributed by atoms with Crippen molar-refractivity contribution >= 4 is 23.2 Å². The van der Waals surface area contributed by atoms with Gasteiger partial charge in [-0.1, -0.05) is 36.4 Å². The van der Waals surface area contributed by atoms with E-state index >= 15 is 0 Å². The van der Waals surface area contributed by atoms with E-state index in [0.717, 1.165) is 10.4 Å². The normalized spacial score (nSPS) is 16.5. The van der Waals surface area contributed by atoms with Gasteiger partial charge in [0.05, 0.1) is 11.4 Å². The number of thiophene rings is 1. The zero-order valence-corrected chi connectivity index (χ0v) is 14.7. The molecule has 4 rings (SSSR count). The van der Waals surface area contributed by atoms with Crippen molar-refractivity contribution in [3.05, 3.63) is 65.2 Å². The van der Waals surface area contributed by atoms with Gasteiger partial charge in [0.1, 0.15) is 11.3 Å². The number of rotatable bonds is 5. The molecule has 1 saturated heterocycles. The summed E-state index contributed by atoms with van der Waals surface area (Å²) < 4.78 is 7.14. The maximum absolute atomic E-state index is 12.7. The number of nitrogens with zero attached hydrogens (tertiary/aromatic N) is 2. The van der Waals surface area contributed by atoms with Crippen molar-refractivity contribution in [2.45, 2.75) is 19.1 Å². The van der Waals surface area contributed by atoms with Crippen LogP contribution in [0.4, 0.5) is 0 Å². The fraction of sp³-hybridized carbons (Fsp3) is 0.211. The summed E-state index contributed by atoms with van der Waals surface area (Å²) in [7, 11) is 0. The molecule has 7 heteroatoms. The average Bonchev–Trinajstić information content (AvgIpc) is 3.37. The lowest BCUT2D eigenvalue weighted by molar-refractivity contribution is -0.126. The van der Waals surface area contributed by atoms with E-state index in [1.54, 1.807) is 10.9 Å². The summed E-state index contributed by atoms with van der Waals surface area (Å²) in [5.41, 5.74) is 2.05. The molecule has 6 nitrogen and oxygen atoms in total. The van der Waals surface area contributed by atoms with Crippen molar-refractivity contribution in [2.24, 2.45) is 0 Å². The largest absolute Gasteiger partial charge is 0.448 e. The van der Waals surface area contributed by atoms with E-state index in [0.29, 0.717) is 30.8 Å². The highest BCUT2D eigenvalue weighted by Gasteiger charge is 2.30. The Morgan fingerprint density at radius 1 is 1.27 bits per heavy atom. The second kappa shape index (κ2) is 7.13. The van der Waals surface area contributed by atoms with E-state index in [9.17, 15) is 9.59 Å². The molecule has 1 aliphatic rings. The first-order valence-electron chi connectivity index (χ1n) is 8.34. The molecule has 1 amide bonds. The predicted octanol–water partition coefficient (Wildman–Crippen LogP) is 2.71. The molecule has 132 valence electrons. The number of aromatic nitrogens is 2. The molecular formula is C19H17N3O3S. The van der Waals surface area contributed by atoms with Crippen LogP contribution in [0.1, 0.15) is 22.3 Å². The third kappa shape index (κ3) is 3.39. The Labute approximate surface area is 154 Å². The highest BCUT2D eigenvalue weighted by Crippen LogP contribution is 2.28. The fourth-order valence-corrected chi connectivity index (χ4v) is 3.62. The van der Waals surface area contributed by atoms with Crippen LogP contribution in [0.2, 0.25) is 0 Å². The van der Waals surface area contributed by atoms with E-state index in [-0.39, 0.29) is 5.91 Å². The maximum Gasteiger partial charge on any atom is 0.342 e. The van der Waals surface area contributed by atoms with Crippen molar-refractivity contribution in [1.29, 1.82) is 0 Å². The standard InChI is InChI=1S/C19H17N3O3S/c23-18-15(8-9-20-18)25-19(24)14-12-22(11-13-5-2-1-3-6-13)21-17(14)16-7-4-10-26-16/h1-7,10,12,15H,8-9,11H2,(H,20,23)/t15-/m0/s1. The number of hydrogen-bond acceptors (Lipinski definition) is 5. The zero-order chi connectivity index (χ0) is 17.9. The fourth-order valence-electron chi connectivity index (χ4n) is 2.89. The molecule has 2 aromatic heterocycles. The van der Waals surface area contributed by atoms with Crippen LogP contribution in [0.3, 0.4) is 0 Å². The van der Waals surface area contributed by atoms with Gasteiger partial charge in [-0.3, -0.25) is 9.48 Å². The van der Waals surface area contributed by atoms with Crippen molar-refractivity contribution in [3.63, 3.8) is 0 Å². The molecule has 0 bridgehead atoms. The summed E-state index contributed by atoms with van der Waals surface area (Å²) in [5.74, 6) is -0.762. The van der Waals surface area contributed by atoms with Gasteiger partial charge in [-0.2, -0.15) is 5.10 Å². The van der Waals surface area contributed by atoms with Gasteiger partial charge in [0.2, 0.25) is 0 Å². The number of hydrogen-bond donors (Lipinski definition) is 1. The van der Waals surface area contributed by atoms with E-state index < -0.39 is 12.1 Å². The van der Waals surface area contributed by atoms with Crippen LogP contribution in [0, 0.1) is 0 Å². The van der Waals surface area contributed by atoms with Crippen molar-refractivity contribution in [1.82, 2.24) is 15.1 Å². The summed E-state index contributed by atoms with van der Waals surface area (Å²) in [6, 6.07) is 13.7. The Kier molecular flexibility index (Phi) is 4.53. The summed E-state index contributed by atoms with van der Waals surface area (Å²) in [5, 5.41) is 9.20. The van der Waals surface area contributed by atoms with Gasteiger partial charge >= 0.3 is 5.97 Å². The number of carbonyl (C=O) groups is 2. The number of ether oxygens (including phenoxy) is 1. The minimum Gasteiger partial charge on any atom is -0.448 e. The summed E-state index contributed by atoms with van der Waals surface area (Å²) in [6.45, 7) is 1.08. The van der Waals surface area contributed by atoms with Gasteiger partial charge < -0.3 is 10.1 Å². The first-order valence-corrected chi connectivity index (χ1v) is 9.22. The summed E-state index contributed by atoms with van der Waals surface area (Å²) in [4.78, 5) is 25.3. The molecule has 3 heterocycles. The summed E-state index contributed by atoms with van der Waals surface area (Å²) >= 11 is 1.51. The lowest BCUT2D eigenvalue weighted by Crippen LogP contribution is -2.27. The number of esters is 1. The van der Waals surface area contributed by atoms with E-state index in [1.807, 2.05) is 47.8 Å². The number of carbonyl (C=O) groups excluding carboxylic acids is 2. The summed E-state index contributed by atoms with van der Waals surface area (Å²) in [6.07, 6.45) is 1.46. The van der Waals surface area contributed by atoms with Gasteiger partial charge in [-0.15, -0.1) is 11.3 Å². The Bertz CT molecular complexity index is 919. The monoisotopic (exact) mass is 367 g/mol. The SMILES string of the molecule is O=C(O[C@H]1CCNC1=O)c1cn(Cc2ccccc2)nc1-c1cccs1. The predicted molar refractivity (Wildman–Crippen MR) is 97.9 cm³/mol. The molecule has 1 atom stereocenters. The van der Waals surface area contributed by atoms with Crippen molar-refractivity contribution in [3.8, 4) is 10.6 Å². The van der Waals surface area contributed by atoms with E-state index in [2.05, 4.69) is 10.4 Å². The van der Waals surface area contributed by atoms with Crippen LogP contribution in [0.15, 0.2) is 54.0 Å². The minimum atomic E-state index is -0.726. The smallest absolute Gasteiger partial charge is 0.342 e. The second-order valence-corrected chi connectivity index (χ2v) is 6.97. The first kappa shape index (κ1) is 16.5. The first-order chi connectivity index (χ1) is 12.7. The third-order valence-corrected chi connectivity index (χ3v) is 5.05. The Hall–Kier alpha value is -2.93. The van der Waals surface area contributed by atoms with Crippen LogP contribution >= 0.6 is 11.3 Å². The highest BCUT2D eigenvalue weighted by molar-refractivity contribution is 7.13. The molecule has 1 aromatic carbocycles. The molecule has 26 heavy (non-hydrogen) atoms. The van der Waals surface area contributed by atoms with E-state index in [1.165, 1.54) is 11.3 Å². The molecule has 0 saturated carbocycles. The minimum absolute atomic E-state index is 0.243. The van der Waals surface area contributed by atoms with Crippen LogP contribution < -0.4 is 5.32 Å². The Morgan fingerprint density at radius 3 is 2.81 bits per heavy atom. The third-order valence-electron chi connectivity index (χ3n) is 4.17. The van der Waals surface area contributed by atoms with Crippen LogP contribution in [0.25, 0.3) is 10.6 Å². The molecular weight excluding hydrogens is 350 g/mol. The van der Waals surface area contributed by atoms with Crippen molar-refractivity contribution < 1.29 is 14.3 Å². The van der Waals surface area contributed by atoms with Gasteiger partial charge in [-0.05, 0) is 17.0 Å². The quantitative estimate of drug-likeness (QED) is 0.704. The second-order valence-electron chi connectivity index (χ2n) is 6.03. The van der Waals surface area contributed by atoms with Gasteiger partial charge in [0.25, 0.3) is 5.91 Å². The lowest BCUT2D eigenvalue weighted by atomic mass is 10.2.